The lowest BCUT2D eigenvalue weighted by atomic mass is 9.95. The van der Waals surface area contributed by atoms with Crippen LogP contribution in [-0.4, -0.2) is 19.3 Å². The standard InChI is InChI=1S/C15H22ClNO2/c1-10(17)11-6-7-15(14(16)8-11)19-13-5-3-4-12(9-13)18-2/h6-8,10,12-13H,3-5,9,17H2,1-2H3. The first-order chi connectivity index (χ1) is 9.10. The minimum Gasteiger partial charge on any atom is -0.489 e. The molecular formula is C15H22ClNO2. The summed E-state index contributed by atoms with van der Waals surface area (Å²) in [6.07, 6.45) is 4.75. The minimum atomic E-state index is -0.0147. The quantitative estimate of drug-likeness (QED) is 0.916. The van der Waals surface area contributed by atoms with Crippen LogP contribution < -0.4 is 10.5 Å². The normalized spacial score (nSPS) is 25.1. The van der Waals surface area contributed by atoms with Crippen LogP contribution in [0.15, 0.2) is 18.2 Å². The van der Waals surface area contributed by atoms with Crippen molar-refractivity contribution in [2.24, 2.45) is 5.73 Å². The lowest BCUT2D eigenvalue weighted by Crippen LogP contribution is -2.29. The zero-order valence-corrected chi connectivity index (χ0v) is 12.3. The molecule has 1 saturated carbocycles. The molecule has 2 rings (SSSR count). The van der Waals surface area contributed by atoms with E-state index < -0.39 is 0 Å². The minimum absolute atomic E-state index is 0.0147. The third-order valence-electron chi connectivity index (χ3n) is 3.69. The number of halogens is 1. The Labute approximate surface area is 120 Å². The van der Waals surface area contributed by atoms with Crippen LogP contribution in [0.1, 0.15) is 44.2 Å². The highest BCUT2D eigenvalue weighted by molar-refractivity contribution is 6.32. The maximum atomic E-state index is 6.25. The van der Waals surface area contributed by atoms with Crippen LogP contribution in [-0.2, 0) is 4.74 Å². The molecule has 1 fully saturated rings. The van der Waals surface area contributed by atoms with Gasteiger partial charge in [-0.15, -0.1) is 0 Å². The molecule has 0 radical (unpaired) electrons. The molecule has 0 heterocycles. The van der Waals surface area contributed by atoms with Gasteiger partial charge in [-0.25, -0.2) is 0 Å². The Bertz CT molecular complexity index is 423. The lowest BCUT2D eigenvalue weighted by molar-refractivity contribution is 0.0210. The van der Waals surface area contributed by atoms with E-state index in [1.54, 1.807) is 7.11 Å². The van der Waals surface area contributed by atoms with Crippen molar-refractivity contribution in [2.45, 2.75) is 50.9 Å². The Morgan fingerprint density at radius 3 is 2.68 bits per heavy atom. The lowest BCUT2D eigenvalue weighted by Gasteiger charge is -2.29. The second kappa shape index (κ2) is 6.60. The molecule has 1 aliphatic carbocycles. The summed E-state index contributed by atoms with van der Waals surface area (Å²) in [4.78, 5) is 0. The average Bonchev–Trinajstić information content (AvgIpc) is 2.41. The Morgan fingerprint density at radius 2 is 2.05 bits per heavy atom. The van der Waals surface area contributed by atoms with Crippen LogP contribution in [0.3, 0.4) is 0 Å². The number of hydrogen-bond acceptors (Lipinski definition) is 3. The van der Waals surface area contributed by atoms with Gasteiger partial charge in [-0.3, -0.25) is 0 Å². The van der Waals surface area contributed by atoms with E-state index in [1.807, 2.05) is 25.1 Å². The van der Waals surface area contributed by atoms with E-state index in [0.717, 1.165) is 37.0 Å². The van der Waals surface area contributed by atoms with Crippen molar-refractivity contribution < 1.29 is 9.47 Å². The van der Waals surface area contributed by atoms with Crippen molar-refractivity contribution >= 4 is 11.6 Å². The molecule has 0 saturated heterocycles. The van der Waals surface area contributed by atoms with Gasteiger partial charge in [0.2, 0.25) is 0 Å². The average molecular weight is 284 g/mol. The molecule has 3 unspecified atom stereocenters. The summed E-state index contributed by atoms with van der Waals surface area (Å²) in [5, 5.41) is 0.634. The summed E-state index contributed by atoms with van der Waals surface area (Å²) >= 11 is 6.25. The molecule has 4 heteroatoms. The topological polar surface area (TPSA) is 44.5 Å². The van der Waals surface area contributed by atoms with Gasteiger partial charge in [-0.2, -0.15) is 0 Å². The van der Waals surface area contributed by atoms with E-state index in [1.165, 1.54) is 0 Å². The molecule has 0 aliphatic heterocycles. The van der Waals surface area contributed by atoms with Gasteiger partial charge in [0.15, 0.2) is 0 Å². The number of methoxy groups -OCH3 is 1. The Hall–Kier alpha value is -0.770. The molecule has 0 bridgehead atoms. The predicted molar refractivity (Wildman–Crippen MR) is 77.7 cm³/mol. The van der Waals surface area contributed by atoms with Crippen molar-refractivity contribution in [1.82, 2.24) is 0 Å². The highest BCUT2D eigenvalue weighted by atomic mass is 35.5. The van der Waals surface area contributed by atoms with Gasteiger partial charge in [-0.1, -0.05) is 17.7 Å². The van der Waals surface area contributed by atoms with Crippen LogP contribution in [0.5, 0.6) is 5.75 Å². The number of hydrogen-bond donors (Lipinski definition) is 1. The van der Waals surface area contributed by atoms with Gasteiger partial charge in [0, 0.05) is 19.6 Å². The fourth-order valence-electron chi connectivity index (χ4n) is 2.50. The molecule has 2 N–H and O–H groups in total. The van der Waals surface area contributed by atoms with Crippen LogP contribution in [0.25, 0.3) is 0 Å². The Kier molecular flexibility index (Phi) is 5.08. The fourth-order valence-corrected chi connectivity index (χ4v) is 2.73. The maximum absolute atomic E-state index is 6.25. The highest BCUT2D eigenvalue weighted by Gasteiger charge is 2.23. The summed E-state index contributed by atoms with van der Waals surface area (Å²) in [6, 6.07) is 5.76. The summed E-state index contributed by atoms with van der Waals surface area (Å²) in [5.74, 6) is 0.743. The van der Waals surface area contributed by atoms with E-state index in [0.29, 0.717) is 11.1 Å². The number of rotatable bonds is 4. The first-order valence-electron chi connectivity index (χ1n) is 6.84. The van der Waals surface area contributed by atoms with Crippen molar-refractivity contribution in [3.63, 3.8) is 0 Å². The van der Waals surface area contributed by atoms with Crippen LogP contribution in [0.2, 0.25) is 5.02 Å². The van der Waals surface area contributed by atoms with E-state index >= 15 is 0 Å². The molecule has 0 aromatic heterocycles. The number of ether oxygens (including phenoxy) is 2. The molecule has 3 nitrogen and oxygen atoms in total. The first-order valence-corrected chi connectivity index (χ1v) is 7.22. The summed E-state index contributed by atoms with van der Waals surface area (Å²) in [5.41, 5.74) is 6.86. The zero-order chi connectivity index (χ0) is 13.8. The molecule has 0 spiro atoms. The number of nitrogens with two attached hydrogens (primary N) is 1. The smallest absolute Gasteiger partial charge is 0.138 e. The molecule has 1 aromatic carbocycles. The van der Waals surface area contributed by atoms with Gasteiger partial charge in [0.1, 0.15) is 11.9 Å². The molecular weight excluding hydrogens is 262 g/mol. The van der Waals surface area contributed by atoms with Gasteiger partial charge in [0.25, 0.3) is 0 Å². The second-order valence-corrected chi connectivity index (χ2v) is 5.65. The molecule has 1 aromatic rings. The molecule has 19 heavy (non-hydrogen) atoms. The van der Waals surface area contributed by atoms with Crippen LogP contribution >= 0.6 is 11.6 Å². The van der Waals surface area contributed by atoms with E-state index in [4.69, 9.17) is 26.8 Å². The van der Waals surface area contributed by atoms with Gasteiger partial charge < -0.3 is 15.2 Å². The fraction of sp³-hybridized carbons (Fsp3) is 0.600. The first kappa shape index (κ1) is 14.6. The van der Waals surface area contributed by atoms with Crippen LogP contribution in [0.4, 0.5) is 0 Å². The Morgan fingerprint density at radius 1 is 1.32 bits per heavy atom. The second-order valence-electron chi connectivity index (χ2n) is 5.24. The summed E-state index contributed by atoms with van der Waals surface area (Å²) in [7, 11) is 1.76. The van der Waals surface area contributed by atoms with Crippen molar-refractivity contribution in [2.75, 3.05) is 7.11 Å². The third-order valence-corrected chi connectivity index (χ3v) is 3.98. The van der Waals surface area contributed by atoms with E-state index in [-0.39, 0.29) is 12.1 Å². The van der Waals surface area contributed by atoms with E-state index in [9.17, 15) is 0 Å². The Balaban J connectivity index is 2.02. The largest absolute Gasteiger partial charge is 0.489 e. The molecule has 0 amide bonds. The third kappa shape index (κ3) is 3.85. The van der Waals surface area contributed by atoms with Crippen molar-refractivity contribution in [1.29, 1.82) is 0 Å². The van der Waals surface area contributed by atoms with Crippen molar-refractivity contribution in [3.8, 4) is 5.75 Å². The SMILES string of the molecule is COC1CCCC(Oc2ccc(C(C)N)cc2Cl)C1. The number of benzene rings is 1. The highest BCUT2D eigenvalue weighted by Crippen LogP contribution is 2.31. The zero-order valence-electron chi connectivity index (χ0n) is 11.6. The van der Waals surface area contributed by atoms with E-state index in [2.05, 4.69) is 0 Å². The summed E-state index contributed by atoms with van der Waals surface area (Å²) < 4.78 is 11.4. The molecule has 106 valence electrons. The molecule has 3 atom stereocenters. The van der Waals surface area contributed by atoms with Crippen LogP contribution in [0, 0.1) is 0 Å². The van der Waals surface area contributed by atoms with Crippen molar-refractivity contribution in [3.05, 3.63) is 28.8 Å². The maximum Gasteiger partial charge on any atom is 0.138 e. The van der Waals surface area contributed by atoms with Gasteiger partial charge in [-0.05, 0) is 43.9 Å². The van der Waals surface area contributed by atoms with Gasteiger partial charge in [0.05, 0.1) is 11.1 Å². The monoisotopic (exact) mass is 283 g/mol. The predicted octanol–water partition coefficient (Wildman–Crippen LogP) is 3.70. The van der Waals surface area contributed by atoms with Gasteiger partial charge >= 0.3 is 0 Å². The summed E-state index contributed by atoms with van der Waals surface area (Å²) in [6.45, 7) is 1.94. The molecule has 1 aliphatic rings.